The number of rotatable bonds is 3. The molecule has 0 aliphatic heterocycles. The van der Waals surface area contributed by atoms with E-state index in [9.17, 15) is 19.8 Å². The van der Waals surface area contributed by atoms with Crippen molar-refractivity contribution in [1.82, 2.24) is 0 Å². The molecule has 0 radical (unpaired) electrons. The molecule has 0 atom stereocenters. The Morgan fingerprint density at radius 1 is 1.00 bits per heavy atom. The van der Waals surface area contributed by atoms with Crippen molar-refractivity contribution in [3.05, 3.63) is 47.0 Å². The highest BCUT2D eigenvalue weighted by atomic mass is 35.5. The summed E-state index contributed by atoms with van der Waals surface area (Å²) in [6.45, 7) is 1.18. The molecule has 19 heavy (non-hydrogen) atoms. The highest BCUT2D eigenvalue weighted by molar-refractivity contribution is 6.31. The summed E-state index contributed by atoms with van der Waals surface area (Å²) in [5, 5.41) is 20.5. The summed E-state index contributed by atoms with van der Waals surface area (Å²) >= 11 is 5.86. The van der Waals surface area contributed by atoms with Crippen molar-refractivity contribution in [2.75, 3.05) is 0 Å². The zero-order valence-corrected chi connectivity index (χ0v) is 10.8. The summed E-state index contributed by atoms with van der Waals surface area (Å²) in [5.74, 6) is -2.79. The van der Waals surface area contributed by atoms with E-state index in [-0.39, 0.29) is 5.56 Å². The first-order valence-corrected chi connectivity index (χ1v) is 5.90. The molecule has 0 heterocycles. The van der Waals surface area contributed by atoms with Gasteiger partial charge in [-0.05, 0) is 41.5 Å². The molecule has 0 aromatic heterocycles. The highest BCUT2D eigenvalue weighted by Gasteiger charge is 2.43. The molecular weight excluding hydrogens is 268 g/mol. The molecule has 0 spiro atoms. The predicted molar refractivity (Wildman–Crippen MR) is 71.6 cm³/mol. The molecule has 0 aliphatic carbocycles. The van der Waals surface area contributed by atoms with Crippen LogP contribution in [0.5, 0.6) is 0 Å². The van der Waals surface area contributed by atoms with Gasteiger partial charge in [-0.25, -0.2) is 0 Å². The third-order valence-corrected chi connectivity index (χ3v) is 3.47. The van der Waals surface area contributed by atoms with E-state index in [0.717, 1.165) is 10.8 Å². The maximum atomic E-state index is 11.3. The second-order valence-electron chi connectivity index (χ2n) is 4.44. The molecular formula is C14H11ClO4. The minimum absolute atomic E-state index is 0.224. The molecule has 2 aromatic carbocycles. The first-order chi connectivity index (χ1) is 8.85. The Labute approximate surface area is 114 Å². The normalized spacial score (nSPS) is 11.5. The SMILES string of the molecule is CC(C(=O)O)(C(=O)O)c1ccc2cc(Cl)ccc2c1. The van der Waals surface area contributed by atoms with Gasteiger partial charge >= 0.3 is 11.9 Å². The van der Waals surface area contributed by atoms with Crippen molar-refractivity contribution >= 4 is 34.3 Å². The molecule has 0 unspecified atom stereocenters. The van der Waals surface area contributed by atoms with Crippen LogP contribution in [0.2, 0.25) is 5.02 Å². The number of hydrogen-bond acceptors (Lipinski definition) is 2. The number of hydrogen-bond donors (Lipinski definition) is 2. The zero-order valence-electron chi connectivity index (χ0n) is 10.1. The number of aliphatic carboxylic acids is 2. The standard InChI is InChI=1S/C14H11ClO4/c1-14(12(16)17,13(18)19)10-4-2-9-7-11(15)5-3-8(9)6-10/h2-7H,1H3,(H,16,17)(H,18,19). The number of carboxylic acid groups (broad SMARTS) is 2. The molecule has 0 aliphatic rings. The molecule has 0 amide bonds. The molecule has 2 rings (SSSR count). The molecule has 2 aromatic rings. The molecule has 0 fully saturated rings. The zero-order chi connectivity index (χ0) is 14.2. The largest absolute Gasteiger partial charge is 0.480 e. The van der Waals surface area contributed by atoms with E-state index >= 15 is 0 Å². The van der Waals surface area contributed by atoms with Gasteiger partial charge in [0.15, 0.2) is 5.41 Å². The Bertz CT molecular complexity index is 664. The van der Waals surface area contributed by atoms with Crippen LogP contribution in [0.3, 0.4) is 0 Å². The van der Waals surface area contributed by atoms with E-state index in [1.165, 1.54) is 13.0 Å². The summed E-state index contributed by atoms with van der Waals surface area (Å²) < 4.78 is 0. The number of benzene rings is 2. The van der Waals surface area contributed by atoms with Crippen LogP contribution >= 0.6 is 11.6 Å². The minimum atomic E-state index is -1.96. The van der Waals surface area contributed by atoms with Gasteiger partial charge in [-0.3, -0.25) is 9.59 Å². The van der Waals surface area contributed by atoms with Gasteiger partial charge in [0.1, 0.15) is 0 Å². The van der Waals surface area contributed by atoms with Crippen LogP contribution < -0.4 is 0 Å². The first kappa shape index (κ1) is 13.4. The quantitative estimate of drug-likeness (QED) is 0.847. The second-order valence-corrected chi connectivity index (χ2v) is 4.88. The lowest BCUT2D eigenvalue weighted by Crippen LogP contribution is -2.40. The van der Waals surface area contributed by atoms with E-state index < -0.39 is 17.4 Å². The van der Waals surface area contributed by atoms with Crippen molar-refractivity contribution < 1.29 is 19.8 Å². The third-order valence-electron chi connectivity index (χ3n) is 3.24. The fourth-order valence-electron chi connectivity index (χ4n) is 1.87. The van der Waals surface area contributed by atoms with Gasteiger partial charge in [0.2, 0.25) is 0 Å². The Balaban J connectivity index is 2.66. The van der Waals surface area contributed by atoms with Gasteiger partial charge in [-0.2, -0.15) is 0 Å². The number of halogens is 1. The molecule has 5 heteroatoms. The van der Waals surface area contributed by atoms with E-state index in [4.69, 9.17) is 11.6 Å². The number of fused-ring (bicyclic) bond motifs is 1. The van der Waals surface area contributed by atoms with Crippen molar-refractivity contribution in [2.24, 2.45) is 0 Å². The lowest BCUT2D eigenvalue weighted by Gasteiger charge is -2.20. The third kappa shape index (κ3) is 2.15. The van der Waals surface area contributed by atoms with Crippen LogP contribution in [0.25, 0.3) is 10.8 Å². The fourth-order valence-corrected chi connectivity index (χ4v) is 2.05. The van der Waals surface area contributed by atoms with Crippen molar-refractivity contribution in [3.63, 3.8) is 0 Å². The second kappa shape index (κ2) is 4.55. The number of carboxylic acids is 2. The number of carbonyl (C=O) groups is 2. The molecule has 2 N–H and O–H groups in total. The Hall–Kier alpha value is -2.07. The van der Waals surface area contributed by atoms with Gasteiger partial charge in [-0.15, -0.1) is 0 Å². The van der Waals surface area contributed by atoms with Crippen LogP contribution in [0, 0.1) is 0 Å². The predicted octanol–water partition coefficient (Wildman–Crippen LogP) is 2.92. The van der Waals surface area contributed by atoms with Crippen molar-refractivity contribution in [1.29, 1.82) is 0 Å². The summed E-state index contributed by atoms with van der Waals surface area (Å²) in [6.07, 6.45) is 0. The lowest BCUT2D eigenvalue weighted by molar-refractivity contribution is -0.156. The highest BCUT2D eigenvalue weighted by Crippen LogP contribution is 2.29. The molecule has 4 nitrogen and oxygen atoms in total. The van der Waals surface area contributed by atoms with Crippen LogP contribution in [0.4, 0.5) is 0 Å². The maximum absolute atomic E-state index is 11.3. The van der Waals surface area contributed by atoms with E-state index in [0.29, 0.717) is 5.02 Å². The monoisotopic (exact) mass is 278 g/mol. The molecule has 0 saturated carbocycles. The molecule has 98 valence electrons. The van der Waals surface area contributed by atoms with Crippen LogP contribution in [0.15, 0.2) is 36.4 Å². The van der Waals surface area contributed by atoms with Crippen molar-refractivity contribution in [2.45, 2.75) is 12.3 Å². The van der Waals surface area contributed by atoms with Crippen LogP contribution in [0.1, 0.15) is 12.5 Å². The van der Waals surface area contributed by atoms with Crippen LogP contribution in [-0.4, -0.2) is 22.2 Å². The smallest absolute Gasteiger partial charge is 0.325 e. The first-order valence-electron chi connectivity index (χ1n) is 5.52. The Kier molecular flexibility index (Phi) is 3.20. The van der Waals surface area contributed by atoms with E-state index in [2.05, 4.69) is 0 Å². The summed E-state index contributed by atoms with van der Waals surface area (Å²) in [7, 11) is 0. The lowest BCUT2D eigenvalue weighted by atomic mass is 9.82. The Morgan fingerprint density at radius 3 is 2.11 bits per heavy atom. The summed E-state index contributed by atoms with van der Waals surface area (Å²) in [6, 6.07) is 9.87. The summed E-state index contributed by atoms with van der Waals surface area (Å²) in [5.41, 5.74) is -1.74. The average molecular weight is 279 g/mol. The minimum Gasteiger partial charge on any atom is -0.480 e. The topological polar surface area (TPSA) is 74.6 Å². The van der Waals surface area contributed by atoms with Gasteiger partial charge < -0.3 is 10.2 Å². The van der Waals surface area contributed by atoms with Gasteiger partial charge in [0, 0.05) is 5.02 Å². The van der Waals surface area contributed by atoms with Gasteiger partial charge in [0.25, 0.3) is 0 Å². The van der Waals surface area contributed by atoms with Gasteiger partial charge in [-0.1, -0.05) is 29.8 Å². The van der Waals surface area contributed by atoms with E-state index in [1.54, 1.807) is 30.3 Å². The van der Waals surface area contributed by atoms with Crippen molar-refractivity contribution in [3.8, 4) is 0 Å². The summed E-state index contributed by atoms with van der Waals surface area (Å²) in [4.78, 5) is 22.5. The average Bonchev–Trinajstić information content (AvgIpc) is 2.36. The Morgan fingerprint density at radius 2 is 1.53 bits per heavy atom. The molecule has 0 saturated heterocycles. The van der Waals surface area contributed by atoms with Gasteiger partial charge in [0.05, 0.1) is 0 Å². The fraction of sp³-hybridized carbons (Fsp3) is 0.143. The van der Waals surface area contributed by atoms with Crippen LogP contribution in [-0.2, 0) is 15.0 Å². The maximum Gasteiger partial charge on any atom is 0.325 e. The van der Waals surface area contributed by atoms with E-state index in [1.807, 2.05) is 0 Å². The molecule has 0 bridgehead atoms.